The van der Waals surface area contributed by atoms with Crippen molar-refractivity contribution >= 4 is 46.2 Å². The van der Waals surface area contributed by atoms with Gasteiger partial charge in [-0.1, -0.05) is 23.8 Å². The molecule has 3 rings (SSSR count). The van der Waals surface area contributed by atoms with E-state index in [9.17, 15) is 0 Å². The zero-order valence-electron chi connectivity index (χ0n) is 11.8. The Balaban J connectivity index is 1.75. The summed E-state index contributed by atoms with van der Waals surface area (Å²) in [7, 11) is 0. The van der Waals surface area contributed by atoms with Gasteiger partial charge in [-0.05, 0) is 54.0 Å². The summed E-state index contributed by atoms with van der Waals surface area (Å²) in [6, 6.07) is 8.89. The maximum Gasteiger partial charge on any atom is 0.0650 e. The van der Waals surface area contributed by atoms with Crippen LogP contribution in [0, 0.1) is 12.3 Å². The smallest absolute Gasteiger partial charge is 0.0650 e. The lowest BCUT2D eigenvalue weighted by Gasteiger charge is -2.20. The number of thiophene rings is 2. The van der Waals surface area contributed by atoms with Gasteiger partial charge in [0.1, 0.15) is 0 Å². The Hall–Kier alpha value is -0.860. The number of allylic oxidation sites excluding steroid dienone is 3. The fourth-order valence-electron chi connectivity index (χ4n) is 2.01. The van der Waals surface area contributed by atoms with Gasteiger partial charge in [0.25, 0.3) is 0 Å². The van der Waals surface area contributed by atoms with Gasteiger partial charge < -0.3 is 0 Å². The standard InChI is InChI=1S/C17H14S4/c1-4-5-11(2)19-17-9-8-14(21-17)13-6-7-15(20-13)16-10-12(3)18-16/h1,5-10,16H,2-3H3/b11-5-. The molecular weight excluding hydrogens is 332 g/mol. The van der Waals surface area contributed by atoms with E-state index < -0.39 is 0 Å². The van der Waals surface area contributed by atoms with E-state index in [1.165, 1.54) is 23.7 Å². The molecule has 0 radical (unpaired) electrons. The van der Waals surface area contributed by atoms with E-state index in [1.54, 1.807) is 11.8 Å². The molecule has 1 unspecified atom stereocenters. The summed E-state index contributed by atoms with van der Waals surface area (Å²) in [5.74, 6) is 2.57. The first-order valence-electron chi connectivity index (χ1n) is 6.51. The maximum atomic E-state index is 5.30. The zero-order valence-corrected chi connectivity index (χ0v) is 15.0. The van der Waals surface area contributed by atoms with Gasteiger partial charge in [0.15, 0.2) is 0 Å². The van der Waals surface area contributed by atoms with Crippen LogP contribution in [0.3, 0.4) is 0 Å². The highest BCUT2D eigenvalue weighted by atomic mass is 32.2. The summed E-state index contributed by atoms with van der Waals surface area (Å²) >= 11 is 7.43. The molecule has 0 fully saturated rings. The fourth-order valence-corrected chi connectivity index (χ4v) is 6.35. The van der Waals surface area contributed by atoms with Gasteiger partial charge in [0.05, 0.1) is 9.46 Å². The minimum absolute atomic E-state index is 0.568. The quantitative estimate of drug-likeness (QED) is 0.441. The topological polar surface area (TPSA) is 0 Å². The van der Waals surface area contributed by atoms with Crippen LogP contribution in [0.15, 0.2) is 50.4 Å². The predicted octanol–water partition coefficient (Wildman–Crippen LogP) is 6.80. The molecule has 0 aliphatic carbocycles. The highest BCUT2D eigenvalue weighted by Crippen LogP contribution is 2.49. The summed E-state index contributed by atoms with van der Waals surface area (Å²) in [6.45, 7) is 4.22. The first kappa shape index (κ1) is 15.1. The van der Waals surface area contributed by atoms with Crippen molar-refractivity contribution in [3.8, 4) is 22.1 Å². The van der Waals surface area contributed by atoms with Crippen LogP contribution >= 0.6 is 46.2 Å². The van der Waals surface area contributed by atoms with Crippen molar-refractivity contribution in [1.29, 1.82) is 0 Å². The maximum absolute atomic E-state index is 5.30. The van der Waals surface area contributed by atoms with Gasteiger partial charge in [-0.3, -0.25) is 0 Å². The molecule has 4 heteroatoms. The third kappa shape index (κ3) is 3.49. The van der Waals surface area contributed by atoms with E-state index >= 15 is 0 Å². The molecule has 2 aromatic rings. The summed E-state index contributed by atoms with van der Waals surface area (Å²) in [4.78, 5) is 6.74. The summed E-state index contributed by atoms with van der Waals surface area (Å²) < 4.78 is 1.29. The van der Waals surface area contributed by atoms with Crippen molar-refractivity contribution in [2.75, 3.05) is 0 Å². The molecule has 0 nitrogen and oxygen atoms in total. The molecule has 1 atom stereocenters. The molecule has 21 heavy (non-hydrogen) atoms. The van der Waals surface area contributed by atoms with E-state index in [4.69, 9.17) is 6.42 Å². The van der Waals surface area contributed by atoms with Crippen molar-refractivity contribution in [1.82, 2.24) is 0 Å². The van der Waals surface area contributed by atoms with Crippen LogP contribution in [0.1, 0.15) is 24.0 Å². The molecule has 0 bridgehead atoms. The van der Waals surface area contributed by atoms with Gasteiger partial charge in [-0.2, -0.15) is 0 Å². The van der Waals surface area contributed by atoms with Gasteiger partial charge in [0, 0.05) is 14.6 Å². The second-order valence-corrected chi connectivity index (χ2v) is 9.79. The van der Waals surface area contributed by atoms with E-state index in [0.717, 1.165) is 4.91 Å². The van der Waals surface area contributed by atoms with Crippen molar-refractivity contribution in [2.45, 2.75) is 23.3 Å². The number of terminal acetylenes is 1. The third-order valence-corrected chi connectivity index (χ3v) is 7.80. The van der Waals surface area contributed by atoms with Crippen molar-refractivity contribution in [2.24, 2.45) is 0 Å². The molecule has 0 aromatic carbocycles. The van der Waals surface area contributed by atoms with Gasteiger partial charge >= 0.3 is 0 Å². The normalized spacial score (nSPS) is 18.0. The lowest BCUT2D eigenvalue weighted by atomic mass is 10.3. The number of hydrogen-bond acceptors (Lipinski definition) is 4. The predicted molar refractivity (Wildman–Crippen MR) is 100 cm³/mol. The molecule has 0 saturated carbocycles. The van der Waals surface area contributed by atoms with Crippen molar-refractivity contribution in [3.63, 3.8) is 0 Å². The minimum Gasteiger partial charge on any atom is -0.138 e. The molecule has 2 aromatic heterocycles. The summed E-state index contributed by atoms with van der Waals surface area (Å²) in [5.41, 5.74) is 0. The van der Waals surface area contributed by atoms with Gasteiger partial charge in [-0.25, -0.2) is 0 Å². The molecule has 106 valence electrons. The summed E-state index contributed by atoms with van der Waals surface area (Å²) in [6.07, 6.45) is 9.45. The number of rotatable bonds is 4. The number of hydrogen-bond donors (Lipinski definition) is 0. The summed E-state index contributed by atoms with van der Waals surface area (Å²) in [5, 5.41) is 0.568. The molecular formula is C17H14S4. The van der Waals surface area contributed by atoms with E-state index in [-0.39, 0.29) is 0 Å². The van der Waals surface area contributed by atoms with E-state index in [1.807, 2.05) is 40.5 Å². The SMILES string of the molecule is C#C/C=C(/C)Sc1ccc(-c2ccc(C3C=C(C)S3)s2)s1. The van der Waals surface area contributed by atoms with Crippen LogP contribution in [-0.2, 0) is 0 Å². The molecule has 0 amide bonds. The molecule has 3 heterocycles. The minimum atomic E-state index is 0.568. The fraction of sp³-hybridized carbons (Fsp3) is 0.176. The second kappa shape index (κ2) is 6.50. The molecule has 0 N–H and O–H groups in total. The monoisotopic (exact) mass is 346 g/mol. The third-order valence-electron chi connectivity index (χ3n) is 2.98. The Labute approximate surface area is 142 Å². The van der Waals surface area contributed by atoms with Crippen LogP contribution in [0.4, 0.5) is 0 Å². The Morgan fingerprint density at radius 1 is 1.24 bits per heavy atom. The second-order valence-electron chi connectivity index (χ2n) is 4.66. The Bertz CT molecular complexity index is 752. The van der Waals surface area contributed by atoms with Crippen LogP contribution in [-0.4, -0.2) is 0 Å². The first-order chi connectivity index (χ1) is 10.2. The molecule has 1 aliphatic rings. The van der Waals surface area contributed by atoms with Crippen LogP contribution in [0.5, 0.6) is 0 Å². The van der Waals surface area contributed by atoms with Gasteiger partial charge in [0.2, 0.25) is 0 Å². The lowest BCUT2D eigenvalue weighted by Crippen LogP contribution is -1.95. The number of thioether (sulfide) groups is 2. The van der Waals surface area contributed by atoms with Crippen molar-refractivity contribution in [3.05, 3.63) is 51.1 Å². The molecule has 0 saturated heterocycles. The van der Waals surface area contributed by atoms with Crippen LogP contribution < -0.4 is 0 Å². The highest BCUT2D eigenvalue weighted by Gasteiger charge is 2.20. The largest absolute Gasteiger partial charge is 0.138 e. The Kier molecular flexibility index (Phi) is 4.66. The van der Waals surface area contributed by atoms with E-state index in [2.05, 4.69) is 50.1 Å². The Morgan fingerprint density at radius 3 is 2.67 bits per heavy atom. The van der Waals surface area contributed by atoms with Gasteiger partial charge in [-0.15, -0.1) is 40.9 Å². The van der Waals surface area contributed by atoms with E-state index in [0.29, 0.717) is 5.25 Å². The average molecular weight is 347 g/mol. The zero-order chi connectivity index (χ0) is 14.8. The highest BCUT2D eigenvalue weighted by molar-refractivity contribution is 8.05. The Morgan fingerprint density at radius 2 is 1.95 bits per heavy atom. The average Bonchev–Trinajstić information content (AvgIpc) is 3.03. The first-order valence-corrected chi connectivity index (χ1v) is 9.84. The van der Waals surface area contributed by atoms with Crippen molar-refractivity contribution < 1.29 is 0 Å². The molecule has 0 spiro atoms. The van der Waals surface area contributed by atoms with Crippen LogP contribution in [0.25, 0.3) is 9.75 Å². The lowest BCUT2D eigenvalue weighted by molar-refractivity contribution is 1.23. The van der Waals surface area contributed by atoms with Crippen LogP contribution in [0.2, 0.25) is 0 Å². The molecule has 1 aliphatic heterocycles.